The summed E-state index contributed by atoms with van der Waals surface area (Å²) < 4.78 is 1.67. The van der Waals surface area contributed by atoms with Crippen LogP contribution in [0.1, 0.15) is 28.8 Å². The number of likely N-dealkylation sites (N-methyl/N-ethyl adjacent to an activating group) is 1. The number of likely N-dealkylation sites (tertiary alicyclic amines) is 1. The zero-order valence-corrected chi connectivity index (χ0v) is 17.2. The molecular formula is C23H27N5O2. The monoisotopic (exact) mass is 405 g/mol. The molecule has 0 bridgehead atoms. The summed E-state index contributed by atoms with van der Waals surface area (Å²) in [6, 6.07) is 15.4. The van der Waals surface area contributed by atoms with Gasteiger partial charge >= 0.3 is 0 Å². The van der Waals surface area contributed by atoms with Crippen LogP contribution in [0.5, 0.6) is 5.75 Å². The summed E-state index contributed by atoms with van der Waals surface area (Å²) in [5.74, 6) is 0.400. The molecular weight excluding hydrogens is 378 g/mol. The van der Waals surface area contributed by atoms with Crippen LogP contribution in [0.4, 0.5) is 0 Å². The van der Waals surface area contributed by atoms with E-state index in [-0.39, 0.29) is 5.91 Å². The fourth-order valence-corrected chi connectivity index (χ4v) is 3.99. The second-order valence-corrected chi connectivity index (χ2v) is 7.81. The first-order valence-electron chi connectivity index (χ1n) is 10.3. The molecule has 1 aromatic heterocycles. The van der Waals surface area contributed by atoms with Gasteiger partial charge in [-0.2, -0.15) is 5.10 Å². The fourth-order valence-electron chi connectivity index (χ4n) is 3.99. The maximum atomic E-state index is 12.9. The third-order valence-corrected chi connectivity index (χ3v) is 5.84. The number of amides is 1. The highest BCUT2D eigenvalue weighted by atomic mass is 16.3. The normalized spacial score (nSPS) is 14.9. The molecule has 1 saturated heterocycles. The van der Waals surface area contributed by atoms with Gasteiger partial charge in [0.25, 0.3) is 5.91 Å². The van der Waals surface area contributed by atoms with Crippen molar-refractivity contribution in [1.29, 1.82) is 0 Å². The number of phenols is 1. The molecule has 0 unspecified atom stereocenters. The highest BCUT2D eigenvalue weighted by Crippen LogP contribution is 2.19. The highest BCUT2D eigenvalue weighted by Gasteiger charge is 2.25. The van der Waals surface area contributed by atoms with E-state index >= 15 is 0 Å². The number of piperidine rings is 1. The SMILES string of the molecule is CN(CCc1cccc(O)c1)C1CCN(C(=O)c2ccc(-n3cncn3)cc2)CC1. The lowest BCUT2D eigenvalue weighted by Gasteiger charge is -2.37. The van der Waals surface area contributed by atoms with Crippen molar-refractivity contribution in [2.45, 2.75) is 25.3 Å². The minimum absolute atomic E-state index is 0.0843. The van der Waals surface area contributed by atoms with Gasteiger partial charge in [0.05, 0.1) is 5.69 Å². The maximum Gasteiger partial charge on any atom is 0.253 e. The van der Waals surface area contributed by atoms with Crippen LogP contribution in [0.2, 0.25) is 0 Å². The van der Waals surface area contributed by atoms with Crippen molar-refractivity contribution in [3.8, 4) is 11.4 Å². The molecule has 30 heavy (non-hydrogen) atoms. The van der Waals surface area contributed by atoms with Gasteiger partial charge in [-0.3, -0.25) is 4.79 Å². The van der Waals surface area contributed by atoms with E-state index < -0.39 is 0 Å². The third-order valence-electron chi connectivity index (χ3n) is 5.84. The minimum Gasteiger partial charge on any atom is -0.508 e. The Labute approximate surface area is 176 Å². The quantitative estimate of drug-likeness (QED) is 0.683. The Kier molecular flexibility index (Phi) is 6.09. The van der Waals surface area contributed by atoms with E-state index in [2.05, 4.69) is 22.0 Å². The van der Waals surface area contributed by atoms with E-state index in [1.807, 2.05) is 47.4 Å². The predicted octanol–water partition coefficient (Wildman–Crippen LogP) is 2.75. The third kappa shape index (κ3) is 4.68. The Morgan fingerprint density at radius 3 is 2.60 bits per heavy atom. The number of carbonyl (C=O) groups is 1. The summed E-state index contributed by atoms with van der Waals surface area (Å²) in [6.07, 6.45) is 5.98. The van der Waals surface area contributed by atoms with Gasteiger partial charge in [-0.15, -0.1) is 0 Å². The first-order chi connectivity index (χ1) is 14.6. The largest absolute Gasteiger partial charge is 0.508 e. The first-order valence-corrected chi connectivity index (χ1v) is 10.3. The van der Waals surface area contributed by atoms with Gasteiger partial charge in [-0.05, 0) is 68.3 Å². The summed E-state index contributed by atoms with van der Waals surface area (Å²) in [5.41, 5.74) is 2.73. The van der Waals surface area contributed by atoms with E-state index in [4.69, 9.17) is 0 Å². The molecule has 156 valence electrons. The van der Waals surface area contributed by atoms with Crippen LogP contribution in [-0.2, 0) is 6.42 Å². The van der Waals surface area contributed by atoms with Crippen LogP contribution in [-0.4, -0.2) is 68.3 Å². The van der Waals surface area contributed by atoms with Gasteiger partial charge in [0.15, 0.2) is 0 Å². The Hall–Kier alpha value is -3.19. The van der Waals surface area contributed by atoms with Crippen LogP contribution < -0.4 is 0 Å². The second kappa shape index (κ2) is 9.09. The van der Waals surface area contributed by atoms with Crippen molar-refractivity contribution in [3.63, 3.8) is 0 Å². The van der Waals surface area contributed by atoms with Crippen LogP contribution in [0.3, 0.4) is 0 Å². The Morgan fingerprint density at radius 2 is 1.93 bits per heavy atom. The molecule has 1 N–H and O–H groups in total. The van der Waals surface area contributed by atoms with Crippen LogP contribution >= 0.6 is 0 Å². The van der Waals surface area contributed by atoms with Crippen molar-refractivity contribution in [1.82, 2.24) is 24.6 Å². The molecule has 0 aliphatic carbocycles. The van der Waals surface area contributed by atoms with E-state index in [1.54, 1.807) is 17.1 Å². The lowest BCUT2D eigenvalue weighted by atomic mass is 10.0. The number of carbonyl (C=O) groups excluding carboxylic acids is 1. The zero-order valence-electron chi connectivity index (χ0n) is 17.2. The molecule has 0 radical (unpaired) electrons. The van der Waals surface area contributed by atoms with Gasteiger partial charge in [-0.1, -0.05) is 12.1 Å². The molecule has 0 saturated carbocycles. The van der Waals surface area contributed by atoms with E-state index in [1.165, 1.54) is 6.33 Å². The molecule has 0 atom stereocenters. The minimum atomic E-state index is 0.0843. The molecule has 1 amide bonds. The summed E-state index contributed by atoms with van der Waals surface area (Å²) >= 11 is 0. The first kappa shape index (κ1) is 20.1. The Balaban J connectivity index is 1.27. The molecule has 1 aliphatic rings. The predicted molar refractivity (Wildman–Crippen MR) is 115 cm³/mol. The lowest BCUT2D eigenvalue weighted by Crippen LogP contribution is -2.46. The van der Waals surface area contributed by atoms with Crippen molar-refractivity contribution in [3.05, 3.63) is 72.3 Å². The van der Waals surface area contributed by atoms with Crippen LogP contribution in [0, 0.1) is 0 Å². The van der Waals surface area contributed by atoms with Crippen molar-refractivity contribution in [2.24, 2.45) is 0 Å². The second-order valence-electron chi connectivity index (χ2n) is 7.81. The Morgan fingerprint density at radius 1 is 1.17 bits per heavy atom. The summed E-state index contributed by atoms with van der Waals surface area (Å²) in [4.78, 5) is 21.1. The van der Waals surface area contributed by atoms with Gasteiger partial charge in [0, 0.05) is 31.2 Å². The lowest BCUT2D eigenvalue weighted by molar-refractivity contribution is 0.0647. The summed E-state index contributed by atoms with van der Waals surface area (Å²) in [7, 11) is 2.15. The Bertz CT molecular complexity index is 964. The number of aromatic nitrogens is 3. The number of aromatic hydroxyl groups is 1. The van der Waals surface area contributed by atoms with E-state index in [0.29, 0.717) is 17.4 Å². The number of rotatable bonds is 6. The molecule has 4 rings (SSSR count). The van der Waals surface area contributed by atoms with Crippen molar-refractivity contribution >= 4 is 5.91 Å². The molecule has 2 aromatic carbocycles. The molecule has 1 fully saturated rings. The van der Waals surface area contributed by atoms with Gasteiger partial charge in [0.2, 0.25) is 0 Å². The number of hydrogen-bond acceptors (Lipinski definition) is 5. The molecule has 2 heterocycles. The van der Waals surface area contributed by atoms with Crippen molar-refractivity contribution in [2.75, 3.05) is 26.7 Å². The molecule has 7 nitrogen and oxygen atoms in total. The average Bonchev–Trinajstić information content (AvgIpc) is 3.32. The number of phenolic OH excluding ortho intramolecular Hbond substituents is 1. The van der Waals surface area contributed by atoms with Gasteiger partial charge < -0.3 is 14.9 Å². The summed E-state index contributed by atoms with van der Waals surface area (Å²) in [6.45, 7) is 2.47. The smallest absolute Gasteiger partial charge is 0.253 e. The van der Waals surface area contributed by atoms with Crippen molar-refractivity contribution < 1.29 is 9.90 Å². The molecule has 7 heteroatoms. The average molecular weight is 406 g/mol. The van der Waals surface area contributed by atoms with Gasteiger partial charge in [0.1, 0.15) is 18.4 Å². The van der Waals surface area contributed by atoms with Crippen LogP contribution in [0.25, 0.3) is 5.69 Å². The van der Waals surface area contributed by atoms with Gasteiger partial charge in [-0.25, -0.2) is 9.67 Å². The van der Waals surface area contributed by atoms with Crippen LogP contribution in [0.15, 0.2) is 61.2 Å². The number of benzene rings is 2. The summed E-state index contributed by atoms with van der Waals surface area (Å²) in [5, 5.41) is 13.7. The zero-order chi connectivity index (χ0) is 20.9. The number of hydrogen-bond donors (Lipinski definition) is 1. The van der Waals surface area contributed by atoms with E-state index in [0.717, 1.165) is 50.1 Å². The maximum absolute atomic E-state index is 12.9. The molecule has 1 aliphatic heterocycles. The highest BCUT2D eigenvalue weighted by molar-refractivity contribution is 5.94. The van der Waals surface area contributed by atoms with E-state index in [9.17, 15) is 9.90 Å². The standard InChI is InChI=1S/C23H27N5O2/c1-26(12-9-18-3-2-4-22(29)15-18)20-10-13-27(14-11-20)23(30)19-5-7-21(8-6-19)28-17-24-16-25-28/h2-8,15-17,20,29H,9-14H2,1H3. The molecule has 0 spiro atoms. The topological polar surface area (TPSA) is 74.5 Å². The molecule has 3 aromatic rings. The fraction of sp³-hybridized carbons (Fsp3) is 0.348. The number of nitrogens with zero attached hydrogens (tertiary/aromatic N) is 5.